The zero-order valence-electron chi connectivity index (χ0n) is 20.4. The maximum absolute atomic E-state index is 4.81. The third kappa shape index (κ3) is 5.16. The van der Waals surface area contributed by atoms with Crippen molar-refractivity contribution in [2.75, 3.05) is 18.0 Å². The summed E-state index contributed by atoms with van der Waals surface area (Å²) in [6, 6.07) is 25.7. The lowest BCUT2D eigenvalue weighted by Crippen LogP contribution is -2.21. The molecule has 33 heavy (non-hydrogen) atoms. The zero-order chi connectivity index (χ0) is 23.4. The fraction of sp³-hybridized carbons (Fsp3) is 0.310. The maximum atomic E-state index is 4.81. The molecule has 170 valence electrons. The van der Waals surface area contributed by atoms with Gasteiger partial charge in [-0.2, -0.15) is 0 Å². The average Bonchev–Trinajstić information content (AvgIpc) is 3.16. The van der Waals surface area contributed by atoms with E-state index < -0.39 is 0 Å². The summed E-state index contributed by atoms with van der Waals surface area (Å²) in [7, 11) is 0. The number of benzene rings is 3. The molecule has 1 aromatic heterocycles. The summed E-state index contributed by atoms with van der Waals surface area (Å²) < 4.78 is 2.20. The number of imidazole rings is 1. The lowest BCUT2D eigenvalue weighted by atomic mass is 9.87. The molecule has 4 aromatic rings. The fourth-order valence-corrected chi connectivity index (χ4v) is 4.10. The van der Waals surface area contributed by atoms with Gasteiger partial charge < -0.3 is 9.47 Å². The third-order valence-corrected chi connectivity index (χ3v) is 6.15. The van der Waals surface area contributed by atoms with Crippen LogP contribution in [-0.2, 0) is 12.0 Å². The molecule has 0 N–H and O–H groups in total. The molecule has 0 aliphatic heterocycles. The summed E-state index contributed by atoms with van der Waals surface area (Å²) in [5, 5.41) is 0. The van der Waals surface area contributed by atoms with E-state index in [-0.39, 0.29) is 5.41 Å². The molecule has 0 bridgehead atoms. The highest BCUT2D eigenvalue weighted by Gasteiger charge is 2.14. The van der Waals surface area contributed by atoms with Gasteiger partial charge in [0, 0.05) is 25.0 Å². The van der Waals surface area contributed by atoms with Gasteiger partial charge in [0.25, 0.3) is 0 Å². The van der Waals surface area contributed by atoms with Gasteiger partial charge in [-0.25, -0.2) is 9.98 Å². The second-order valence-electron chi connectivity index (χ2n) is 9.46. The number of anilines is 1. The quantitative estimate of drug-likeness (QED) is 0.292. The molecule has 0 fully saturated rings. The van der Waals surface area contributed by atoms with Crippen LogP contribution < -0.4 is 4.90 Å². The van der Waals surface area contributed by atoms with Crippen molar-refractivity contribution in [3.05, 3.63) is 89.5 Å². The van der Waals surface area contributed by atoms with Gasteiger partial charge in [-0.1, -0.05) is 69.3 Å². The zero-order valence-corrected chi connectivity index (χ0v) is 20.4. The smallest absolute Gasteiger partial charge is 0.230 e. The van der Waals surface area contributed by atoms with Crippen molar-refractivity contribution in [2.45, 2.75) is 46.6 Å². The van der Waals surface area contributed by atoms with Crippen molar-refractivity contribution in [3.63, 3.8) is 0 Å². The molecule has 0 radical (unpaired) electrons. The molecule has 0 saturated heterocycles. The number of fused-ring (bicyclic) bond motifs is 1. The first kappa shape index (κ1) is 22.8. The second-order valence-corrected chi connectivity index (χ2v) is 9.46. The molecule has 1 heterocycles. The van der Waals surface area contributed by atoms with E-state index in [4.69, 9.17) is 9.98 Å². The highest BCUT2D eigenvalue weighted by molar-refractivity contribution is 5.84. The topological polar surface area (TPSA) is 33.4 Å². The van der Waals surface area contributed by atoms with Crippen LogP contribution in [0.4, 0.5) is 11.6 Å². The average molecular weight is 439 g/mol. The monoisotopic (exact) mass is 438 g/mol. The van der Waals surface area contributed by atoms with Gasteiger partial charge in [0.05, 0.1) is 17.6 Å². The molecule has 0 aliphatic carbocycles. The van der Waals surface area contributed by atoms with Crippen molar-refractivity contribution in [3.8, 4) is 0 Å². The first-order valence-corrected chi connectivity index (χ1v) is 11.8. The van der Waals surface area contributed by atoms with Crippen molar-refractivity contribution in [1.29, 1.82) is 0 Å². The van der Waals surface area contributed by atoms with Crippen LogP contribution in [-0.4, -0.2) is 28.9 Å². The third-order valence-electron chi connectivity index (χ3n) is 6.15. The van der Waals surface area contributed by atoms with Crippen LogP contribution in [0.5, 0.6) is 0 Å². The maximum Gasteiger partial charge on any atom is 0.230 e. The van der Waals surface area contributed by atoms with E-state index in [9.17, 15) is 0 Å². The summed E-state index contributed by atoms with van der Waals surface area (Å²) in [5.74, 6) is 0.726. The van der Waals surface area contributed by atoms with E-state index in [1.165, 1.54) is 16.8 Å². The molecule has 4 nitrogen and oxygen atoms in total. The minimum atomic E-state index is 0.149. The van der Waals surface area contributed by atoms with Crippen molar-refractivity contribution >= 4 is 28.9 Å². The minimum absolute atomic E-state index is 0.149. The molecule has 0 amide bonds. The highest BCUT2D eigenvalue weighted by atomic mass is 15.2. The van der Waals surface area contributed by atoms with Crippen LogP contribution in [0.25, 0.3) is 11.0 Å². The molecule has 0 saturated carbocycles. The highest BCUT2D eigenvalue weighted by Crippen LogP contribution is 2.26. The van der Waals surface area contributed by atoms with Crippen LogP contribution in [0.3, 0.4) is 0 Å². The lowest BCUT2D eigenvalue weighted by molar-refractivity contribution is 0.590. The van der Waals surface area contributed by atoms with Gasteiger partial charge in [-0.05, 0) is 60.2 Å². The second kappa shape index (κ2) is 9.62. The number of para-hydroxylation sites is 2. The summed E-state index contributed by atoms with van der Waals surface area (Å²) in [6.45, 7) is 13.8. The van der Waals surface area contributed by atoms with E-state index in [1.807, 2.05) is 18.3 Å². The van der Waals surface area contributed by atoms with Gasteiger partial charge >= 0.3 is 0 Å². The van der Waals surface area contributed by atoms with E-state index in [1.54, 1.807) is 0 Å². The molecule has 0 atom stereocenters. The number of nitrogens with zero attached hydrogens (tertiary/aromatic N) is 4. The van der Waals surface area contributed by atoms with Crippen LogP contribution in [0, 0.1) is 0 Å². The normalized spacial score (nSPS) is 12.0. The number of hydrogen-bond acceptors (Lipinski definition) is 3. The predicted octanol–water partition coefficient (Wildman–Crippen LogP) is 6.98. The van der Waals surface area contributed by atoms with Gasteiger partial charge in [0.15, 0.2) is 0 Å². The Morgan fingerprint density at radius 2 is 1.55 bits per heavy atom. The molecule has 0 unspecified atom stereocenters. The molecule has 3 aromatic carbocycles. The van der Waals surface area contributed by atoms with Crippen LogP contribution in [0.1, 0.15) is 51.3 Å². The van der Waals surface area contributed by atoms with E-state index >= 15 is 0 Å². The minimum Gasteiger partial charge on any atom is -0.372 e. The van der Waals surface area contributed by atoms with Crippen molar-refractivity contribution < 1.29 is 0 Å². The number of aliphatic imine (C=N–C) groups is 1. The Morgan fingerprint density at radius 1 is 0.879 bits per heavy atom. The standard InChI is InChI=1S/C29H34N4/c1-6-32(7-2)25-18-14-22(15-19-25)20-30-28-31-26-10-8-9-11-27(26)33(28)21-23-12-16-24(17-13-23)29(3,4)5/h8-20H,6-7,21H2,1-5H3/b30-20+. The van der Waals surface area contributed by atoms with E-state index in [2.05, 4.69) is 105 Å². The Kier molecular flexibility index (Phi) is 6.64. The Morgan fingerprint density at radius 3 is 2.18 bits per heavy atom. The summed E-state index contributed by atoms with van der Waals surface area (Å²) >= 11 is 0. The first-order chi connectivity index (χ1) is 15.9. The predicted molar refractivity (Wildman–Crippen MR) is 141 cm³/mol. The number of hydrogen-bond donors (Lipinski definition) is 0. The molecular formula is C29H34N4. The molecule has 4 heteroatoms. The Labute approximate surface area is 197 Å². The Hall–Kier alpha value is -3.40. The lowest BCUT2D eigenvalue weighted by Gasteiger charge is -2.20. The number of aromatic nitrogens is 2. The Bertz CT molecular complexity index is 1220. The van der Waals surface area contributed by atoms with Gasteiger partial charge in [0.1, 0.15) is 0 Å². The molecular weight excluding hydrogens is 404 g/mol. The van der Waals surface area contributed by atoms with E-state index in [0.717, 1.165) is 42.2 Å². The van der Waals surface area contributed by atoms with Gasteiger partial charge in [-0.3, -0.25) is 0 Å². The number of rotatable bonds is 7. The van der Waals surface area contributed by atoms with E-state index in [0.29, 0.717) is 0 Å². The molecule has 0 aliphatic rings. The van der Waals surface area contributed by atoms with Crippen LogP contribution in [0.2, 0.25) is 0 Å². The van der Waals surface area contributed by atoms with Crippen LogP contribution in [0.15, 0.2) is 77.8 Å². The first-order valence-electron chi connectivity index (χ1n) is 11.8. The van der Waals surface area contributed by atoms with Gasteiger partial charge in [-0.15, -0.1) is 0 Å². The fourth-order valence-electron chi connectivity index (χ4n) is 4.10. The largest absolute Gasteiger partial charge is 0.372 e. The summed E-state index contributed by atoms with van der Waals surface area (Å²) in [4.78, 5) is 11.9. The van der Waals surface area contributed by atoms with Gasteiger partial charge in [0.2, 0.25) is 5.95 Å². The molecule has 0 spiro atoms. The summed E-state index contributed by atoms with van der Waals surface area (Å²) in [6.07, 6.45) is 1.91. The van der Waals surface area contributed by atoms with Crippen molar-refractivity contribution in [2.24, 2.45) is 4.99 Å². The molecule has 4 rings (SSSR count). The summed E-state index contributed by atoms with van der Waals surface area (Å²) in [5.41, 5.74) is 7.10. The van der Waals surface area contributed by atoms with Crippen LogP contribution >= 0.6 is 0 Å². The van der Waals surface area contributed by atoms with Crippen molar-refractivity contribution in [1.82, 2.24) is 9.55 Å². The SMILES string of the molecule is CCN(CC)c1ccc(/C=N/c2nc3ccccc3n2Cc2ccc(C(C)(C)C)cc2)cc1. The Balaban J connectivity index is 1.62.